The van der Waals surface area contributed by atoms with Crippen molar-refractivity contribution in [3.8, 4) is 0 Å². The molecule has 0 spiro atoms. The van der Waals surface area contributed by atoms with Gasteiger partial charge in [0.1, 0.15) is 0 Å². The average molecular weight is 141 g/mol. The van der Waals surface area contributed by atoms with Crippen molar-refractivity contribution >= 4 is 6.21 Å². The van der Waals surface area contributed by atoms with Crippen LogP contribution in [0.2, 0.25) is 0 Å². The lowest BCUT2D eigenvalue weighted by Gasteiger charge is -2.01. The third-order valence-electron chi connectivity index (χ3n) is 0.814. The molecule has 2 N–H and O–H groups in total. The molecular weight excluding hydrogens is 126 g/mol. The molecule has 0 saturated heterocycles. The van der Waals surface area contributed by atoms with Gasteiger partial charge in [0, 0.05) is 19.3 Å². The van der Waals surface area contributed by atoms with E-state index in [1.54, 1.807) is 13.3 Å². The standard InChI is InChI=1S/C7H15N3/c1-6(2)9-5-7(3)10-8-4/h5-6,8,10H,3H2,1-2,4H3. The van der Waals surface area contributed by atoms with E-state index in [1.165, 1.54) is 0 Å². The summed E-state index contributed by atoms with van der Waals surface area (Å²) in [5.74, 6) is 0. The van der Waals surface area contributed by atoms with Crippen LogP contribution in [0.15, 0.2) is 17.3 Å². The van der Waals surface area contributed by atoms with Gasteiger partial charge in [-0.05, 0) is 13.8 Å². The van der Waals surface area contributed by atoms with E-state index in [0.29, 0.717) is 6.04 Å². The second-order valence-electron chi connectivity index (χ2n) is 2.27. The third kappa shape index (κ3) is 5.31. The van der Waals surface area contributed by atoms with E-state index in [2.05, 4.69) is 22.4 Å². The Morgan fingerprint density at radius 2 is 2.20 bits per heavy atom. The van der Waals surface area contributed by atoms with Crippen LogP contribution in [0.1, 0.15) is 13.8 Å². The van der Waals surface area contributed by atoms with Crippen molar-refractivity contribution in [1.29, 1.82) is 0 Å². The van der Waals surface area contributed by atoms with Gasteiger partial charge in [0.25, 0.3) is 0 Å². The van der Waals surface area contributed by atoms with Crippen LogP contribution in [0.5, 0.6) is 0 Å². The van der Waals surface area contributed by atoms with Gasteiger partial charge in [-0.1, -0.05) is 6.58 Å². The second-order valence-corrected chi connectivity index (χ2v) is 2.27. The lowest BCUT2D eigenvalue weighted by molar-refractivity contribution is 0.714. The number of allylic oxidation sites excluding steroid dienone is 1. The van der Waals surface area contributed by atoms with Crippen LogP contribution >= 0.6 is 0 Å². The number of hydrazine groups is 1. The molecule has 0 aromatic rings. The molecule has 0 heterocycles. The molecule has 0 aromatic heterocycles. The van der Waals surface area contributed by atoms with Crippen molar-refractivity contribution in [2.75, 3.05) is 7.05 Å². The van der Waals surface area contributed by atoms with E-state index in [9.17, 15) is 0 Å². The Hall–Kier alpha value is -0.830. The maximum Gasteiger partial charge on any atom is 0.0594 e. The summed E-state index contributed by atoms with van der Waals surface area (Å²) in [6.07, 6.45) is 1.71. The lowest BCUT2D eigenvalue weighted by atomic mass is 10.4. The topological polar surface area (TPSA) is 36.4 Å². The molecule has 0 saturated carbocycles. The number of rotatable bonds is 4. The molecule has 58 valence electrons. The van der Waals surface area contributed by atoms with Gasteiger partial charge < -0.3 is 5.43 Å². The highest BCUT2D eigenvalue weighted by Gasteiger charge is 1.85. The van der Waals surface area contributed by atoms with Gasteiger partial charge in [-0.2, -0.15) is 0 Å². The number of aliphatic imine (C=N–C) groups is 1. The van der Waals surface area contributed by atoms with Crippen molar-refractivity contribution in [1.82, 2.24) is 10.9 Å². The van der Waals surface area contributed by atoms with Crippen LogP contribution in [-0.2, 0) is 0 Å². The highest BCUT2D eigenvalue weighted by atomic mass is 15.3. The number of hydrogen-bond acceptors (Lipinski definition) is 3. The maximum atomic E-state index is 4.12. The van der Waals surface area contributed by atoms with Gasteiger partial charge >= 0.3 is 0 Å². The van der Waals surface area contributed by atoms with E-state index in [1.807, 2.05) is 13.8 Å². The van der Waals surface area contributed by atoms with Gasteiger partial charge in [0.2, 0.25) is 0 Å². The molecule has 0 amide bonds. The SMILES string of the molecule is C=C(C=NC(C)C)NNC. The van der Waals surface area contributed by atoms with Crippen molar-refractivity contribution < 1.29 is 0 Å². The molecule has 0 aliphatic rings. The Morgan fingerprint density at radius 3 is 2.60 bits per heavy atom. The minimum absolute atomic E-state index is 0.329. The number of nitrogens with one attached hydrogen (secondary N) is 2. The normalized spacial score (nSPS) is 10.8. The van der Waals surface area contributed by atoms with Crippen LogP contribution < -0.4 is 10.9 Å². The summed E-state index contributed by atoms with van der Waals surface area (Å²) in [5.41, 5.74) is 6.33. The zero-order valence-corrected chi connectivity index (χ0v) is 6.81. The minimum Gasteiger partial charge on any atom is -0.321 e. The molecule has 0 rings (SSSR count). The lowest BCUT2D eigenvalue weighted by Crippen LogP contribution is -2.26. The first kappa shape index (κ1) is 9.17. The molecule has 0 atom stereocenters. The predicted molar refractivity (Wildman–Crippen MR) is 45.0 cm³/mol. The van der Waals surface area contributed by atoms with Crippen molar-refractivity contribution in [2.24, 2.45) is 4.99 Å². The first-order chi connectivity index (χ1) is 4.66. The zero-order valence-electron chi connectivity index (χ0n) is 6.81. The fourth-order valence-electron chi connectivity index (χ4n) is 0.432. The summed E-state index contributed by atoms with van der Waals surface area (Å²) in [6.45, 7) is 7.73. The van der Waals surface area contributed by atoms with Crippen LogP contribution in [0.25, 0.3) is 0 Å². The Morgan fingerprint density at radius 1 is 1.60 bits per heavy atom. The quantitative estimate of drug-likeness (QED) is 0.446. The summed E-state index contributed by atoms with van der Waals surface area (Å²) >= 11 is 0. The van der Waals surface area contributed by atoms with Gasteiger partial charge in [0.05, 0.1) is 5.70 Å². The highest BCUT2D eigenvalue weighted by molar-refractivity contribution is 5.76. The Labute approximate surface area is 62.2 Å². The molecule has 0 aliphatic heterocycles. The molecule has 3 heteroatoms. The van der Waals surface area contributed by atoms with Crippen molar-refractivity contribution in [3.63, 3.8) is 0 Å². The summed E-state index contributed by atoms with van der Waals surface area (Å²) in [4.78, 5) is 4.12. The van der Waals surface area contributed by atoms with Gasteiger partial charge in [0.15, 0.2) is 0 Å². The Kier molecular flexibility index (Phi) is 4.58. The first-order valence-electron chi connectivity index (χ1n) is 3.31. The highest BCUT2D eigenvalue weighted by Crippen LogP contribution is 1.84. The summed E-state index contributed by atoms with van der Waals surface area (Å²) in [6, 6.07) is 0.329. The van der Waals surface area contributed by atoms with Crippen LogP contribution in [0, 0.1) is 0 Å². The molecule has 0 fully saturated rings. The van der Waals surface area contributed by atoms with Crippen molar-refractivity contribution in [3.05, 3.63) is 12.3 Å². The maximum absolute atomic E-state index is 4.12. The molecule has 3 nitrogen and oxygen atoms in total. The predicted octanol–water partition coefficient (Wildman–Crippen LogP) is 0.703. The van der Waals surface area contributed by atoms with E-state index >= 15 is 0 Å². The van der Waals surface area contributed by atoms with E-state index in [0.717, 1.165) is 5.70 Å². The van der Waals surface area contributed by atoms with Gasteiger partial charge in [-0.25, -0.2) is 5.43 Å². The first-order valence-corrected chi connectivity index (χ1v) is 3.31. The zero-order chi connectivity index (χ0) is 7.98. The third-order valence-corrected chi connectivity index (χ3v) is 0.814. The molecule has 10 heavy (non-hydrogen) atoms. The minimum atomic E-state index is 0.329. The van der Waals surface area contributed by atoms with Crippen molar-refractivity contribution in [2.45, 2.75) is 19.9 Å². The van der Waals surface area contributed by atoms with E-state index < -0.39 is 0 Å². The molecular formula is C7H15N3. The smallest absolute Gasteiger partial charge is 0.0594 e. The number of hydrogen-bond donors (Lipinski definition) is 2. The second kappa shape index (κ2) is 4.99. The van der Waals surface area contributed by atoms with Crippen LogP contribution in [0.4, 0.5) is 0 Å². The largest absolute Gasteiger partial charge is 0.321 e. The van der Waals surface area contributed by atoms with Crippen LogP contribution in [0.3, 0.4) is 0 Å². The monoisotopic (exact) mass is 141 g/mol. The Bertz CT molecular complexity index is 127. The summed E-state index contributed by atoms with van der Waals surface area (Å²) in [5, 5.41) is 0. The van der Waals surface area contributed by atoms with Gasteiger partial charge in [-0.15, -0.1) is 0 Å². The van der Waals surface area contributed by atoms with Gasteiger partial charge in [-0.3, -0.25) is 4.99 Å². The van der Waals surface area contributed by atoms with E-state index in [4.69, 9.17) is 0 Å². The molecule has 0 bridgehead atoms. The number of nitrogens with zero attached hydrogens (tertiary/aromatic N) is 1. The molecule has 0 radical (unpaired) electrons. The van der Waals surface area contributed by atoms with E-state index in [-0.39, 0.29) is 0 Å². The fourth-order valence-corrected chi connectivity index (χ4v) is 0.432. The fraction of sp³-hybridized carbons (Fsp3) is 0.571. The summed E-state index contributed by atoms with van der Waals surface area (Å²) in [7, 11) is 1.79. The summed E-state index contributed by atoms with van der Waals surface area (Å²) < 4.78 is 0. The molecule has 0 aromatic carbocycles. The molecule has 0 aliphatic carbocycles. The van der Waals surface area contributed by atoms with Crippen LogP contribution in [-0.4, -0.2) is 19.3 Å². The average Bonchev–Trinajstić information content (AvgIpc) is 1.85. The molecule has 0 unspecified atom stereocenters. The Balaban J connectivity index is 3.56.